The Morgan fingerprint density at radius 2 is 1.86 bits per heavy atom. The predicted octanol–water partition coefficient (Wildman–Crippen LogP) is 4.99. The summed E-state index contributed by atoms with van der Waals surface area (Å²) in [5.41, 5.74) is 2.66. The monoisotopic (exact) mass is 455 g/mol. The van der Waals surface area contributed by atoms with Gasteiger partial charge in [-0.25, -0.2) is 4.79 Å². The average molecular weight is 457 g/mol. The molecule has 5 nitrogen and oxygen atoms in total. The maximum atomic E-state index is 12.8. The van der Waals surface area contributed by atoms with Gasteiger partial charge >= 0.3 is 6.03 Å². The largest absolute Gasteiger partial charge is 0.329 e. The molecule has 0 atom stereocenters. The topological polar surface area (TPSA) is 54.3 Å². The third kappa shape index (κ3) is 3.61. The molecule has 0 saturated carbocycles. The van der Waals surface area contributed by atoms with Crippen molar-refractivity contribution in [1.29, 1.82) is 0 Å². The van der Waals surface area contributed by atoms with Crippen molar-refractivity contribution in [2.45, 2.75) is 6.54 Å². The summed E-state index contributed by atoms with van der Waals surface area (Å²) in [6.45, 7) is 0.119. The molecule has 2 heterocycles. The summed E-state index contributed by atoms with van der Waals surface area (Å²) in [6, 6.07) is 18.3. The molecule has 3 aromatic rings. The Morgan fingerprint density at radius 3 is 2.64 bits per heavy atom. The first-order valence-electron chi connectivity index (χ1n) is 8.54. The van der Waals surface area contributed by atoms with Crippen LogP contribution in [0.25, 0.3) is 11.8 Å². The number of rotatable bonds is 4. The Kier molecular flexibility index (Phi) is 5.07. The fourth-order valence-electron chi connectivity index (χ4n) is 3.03. The first-order chi connectivity index (χ1) is 13.5. The van der Waals surface area contributed by atoms with Gasteiger partial charge < -0.3 is 9.88 Å². The van der Waals surface area contributed by atoms with E-state index in [1.807, 2.05) is 53.2 Å². The molecule has 1 aromatic heterocycles. The number of urea groups is 1. The normalized spacial score (nSPS) is 15.4. The number of carbonyl (C=O) groups is 2. The summed E-state index contributed by atoms with van der Waals surface area (Å²) in [4.78, 5) is 26.3. The minimum atomic E-state index is -0.461. The first-order valence-corrected chi connectivity index (χ1v) is 9.71. The van der Waals surface area contributed by atoms with E-state index in [1.54, 1.807) is 24.3 Å². The number of halogens is 2. The summed E-state index contributed by atoms with van der Waals surface area (Å²) in [5, 5.41) is 3.17. The standard InChI is InChI=1S/C21H15BrClN3O2/c22-15-6-3-7-16(11-15)25-10-4-8-17(25)12-19-20(27)26(21(28)24-19)13-14-5-1-2-9-18(14)23/h1-12H,13H2,(H,24,28)/b19-12-. The second kappa shape index (κ2) is 7.66. The van der Waals surface area contributed by atoms with Crippen LogP contribution in [0.2, 0.25) is 5.02 Å². The van der Waals surface area contributed by atoms with Gasteiger partial charge in [-0.1, -0.05) is 51.8 Å². The Hall–Kier alpha value is -2.83. The molecule has 1 fully saturated rings. The number of benzene rings is 2. The van der Waals surface area contributed by atoms with Crippen LogP contribution in [0.4, 0.5) is 4.79 Å². The molecule has 1 N–H and O–H groups in total. The van der Waals surface area contributed by atoms with E-state index < -0.39 is 6.03 Å². The van der Waals surface area contributed by atoms with E-state index in [0.717, 1.165) is 20.8 Å². The number of nitrogens with zero attached hydrogens (tertiary/aromatic N) is 2. The first kappa shape index (κ1) is 18.5. The van der Waals surface area contributed by atoms with Gasteiger partial charge in [0.15, 0.2) is 0 Å². The highest BCUT2D eigenvalue weighted by Gasteiger charge is 2.34. The van der Waals surface area contributed by atoms with Gasteiger partial charge in [-0.3, -0.25) is 9.69 Å². The van der Waals surface area contributed by atoms with Crippen molar-refractivity contribution in [2.75, 3.05) is 0 Å². The van der Waals surface area contributed by atoms with E-state index in [2.05, 4.69) is 21.2 Å². The van der Waals surface area contributed by atoms with Crippen molar-refractivity contribution >= 4 is 45.5 Å². The average Bonchev–Trinajstić information content (AvgIpc) is 3.24. The predicted molar refractivity (Wildman–Crippen MR) is 112 cm³/mol. The quantitative estimate of drug-likeness (QED) is 0.444. The third-order valence-electron chi connectivity index (χ3n) is 4.41. The van der Waals surface area contributed by atoms with Crippen LogP contribution in [-0.2, 0) is 11.3 Å². The van der Waals surface area contributed by atoms with Gasteiger partial charge in [0.25, 0.3) is 5.91 Å². The fraction of sp³-hybridized carbons (Fsp3) is 0.0476. The Bertz CT molecular complexity index is 1110. The van der Waals surface area contributed by atoms with Crippen LogP contribution in [0.1, 0.15) is 11.3 Å². The molecule has 140 valence electrons. The lowest BCUT2D eigenvalue weighted by molar-refractivity contribution is -0.123. The van der Waals surface area contributed by atoms with Crippen LogP contribution in [0.3, 0.4) is 0 Å². The van der Waals surface area contributed by atoms with E-state index in [0.29, 0.717) is 10.6 Å². The molecule has 7 heteroatoms. The third-order valence-corrected chi connectivity index (χ3v) is 5.27. The van der Waals surface area contributed by atoms with Crippen molar-refractivity contribution in [2.24, 2.45) is 0 Å². The fourth-order valence-corrected chi connectivity index (χ4v) is 3.62. The molecule has 3 amide bonds. The molecule has 28 heavy (non-hydrogen) atoms. The Morgan fingerprint density at radius 1 is 1.04 bits per heavy atom. The summed E-state index contributed by atoms with van der Waals surface area (Å²) >= 11 is 9.63. The lowest BCUT2D eigenvalue weighted by Crippen LogP contribution is -2.30. The van der Waals surface area contributed by atoms with Crippen molar-refractivity contribution in [1.82, 2.24) is 14.8 Å². The lowest BCUT2D eigenvalue weighted by atomic mass is 10.2. The lowest BCUT2D eigenvalue weighted by Gasteiger charge is -2.12. The Labute approximate surface area is 175 Å². The summed E-state index contributed by atoms with van der Waals surface area (Å²) < 4.78 is 2.89. The van der Waals surface area contributed by atoms with Gasteiger partial charge in [0.2, 0.25) is 0 Å². The van der Waals surface area contributed by atoms with Gasteiger partial charge in [-0.15, -0.1) is 0 Å². The molecule has 2 aromatic carbocycles. The van der Waals surface area contributed by atoms with Gasteiger partial charge in [-0.05, 0) is 48.0 Å². The van der Waals surface area contributed by atoms with Crippen LogP contribution in [0, 0.1) is 0 Å². The second-order valence-electron chi connectivity index (χ2n) is 6.25. The molecule has 1 saturated heterocycles. The van der Waals surface area contributed by atoms with Crippen molar-refractivity contribution in [3.63, 3.8) is 0 Å². The molecule has 1 aliphatic rings. The summed E-state index contributed by atoms with van der Waals surface area (Å²) in [7, 11) is 0. The van der Waals surface area contributed by atoms with Crippen LogP contribution >= 0.6 is 27.5 Å². The molecule has 0 bridgehead atoms. The second-order valence-corrected chi connectivity index (χ2v) is 7.58. The number of hydrogen-bond acceptors (Lipinski definition) is 2. The Balaban J connectivity index is 1.62. The van der Waals surface area contributed by atoms with Crippen LogP contribution in [0.5, 0.6) is 0 Å². The highest BCUT2D eigenvalue weighted by Crippen LogP contribution is 2.23. The number of nitrogens with one attached hydrogen (secondary N) is 1. The molecule has 4 rings (SSSR count). The van der Waals surface area contributed by atoms with E-state index in [4.69, 9.17) is 11.6 Å². The zero-order valence-corrected chi connectivity index (χ0v) is 16.9. The van der Waals surface area contributed by atoms with Crippen LogP contribution < -0.4 is 5.32 Å². The van der Waals surface area contributed by atoms with Crippen LogP contribution in [-0.4, -0.2) is 21.4 Å². The van der Waals surface area contributed by atoms with Crippen molar-refractivity contribution < 1.29 is 9.59 Å². The molecular weight excluding hydrogens is 442 g/mol. The van der Waals surface area contributed by atoms with E-state index in [9.17, 15) is 9.59 Å². The number of imide groups is 1. The van der Waals surface area contributed by atoms with Crippen molar-refractivity contribution in [3.8, 4) is 5.69 Å². The number of carbonyl (C=O) groups excluding carboxylic acids is 2. The van der Waals surface area contributed by atoms with Crippen LogP contribution in [0.15, 0.2) is 77.0 Å². The smallest absolute Gasteiger partial charge is 0.317 e. The SMILES string of the molecule is O=C1N/C(=C\c2cccn2-c2cccc(Br)c2)C(=O)N1Cc1ccccc1Cl. The minimum Gasteiger partial charge on any atom is -0.317 e. The van der Waals surface area contributed by atoms with Crippen molar-refractivity contribution in [3.05, 3.63) is 93.3 Å². The van der Waals surface area contributed by atoms with Gasteiger partial charge in [0, 0.05) is 27.1 Å². The highest BCUT2D eigenvalue weighted by atomic mass is 79.9. The summed E-state index contributed by atoms with van der Waals surface area (Å²) in [5.74, 6) is -0.382. The number of amides is 3. The number of hydrogen-bond donors (Lipinski definition) is 1. The molecule has 0 aliphatic carbocycles. The van der Waals surface area contributed by atoms with Gasteiger partial charge in [0.05, 0.1) is 6.54 Å². The maximum Gasteiger partial charge on any atom is 0.329 e. The van der Waals surface area contributed by atoms with Gasteiger partial charge in [0.1, 0.15) is 5.70 Å². The highest BCUT2D eigenvalue weighted by molar-refractivity contribution is 9.10. The van der Waals surface area contributed by atoms with E-state index in [-0.39, 0.29) is 18.1 Å². The van der Waals surface area contributed by atoms with Gasteiger partial charge in [-0.2, -0.15) is 0 Å². The zero-order chi connectivity index (χ0) is 19.7. The molecular formula is C21H15BrClN3O2. The summed E-state index contributed by atoms with van der Waals surface area (Å²) in [6.07, 6.45) is 3.57. The molecule has 0 unspecified atom stereocenters. The van der Waals surface area contributed by atoms with E-state index >= 15 is 0 Å². The molecule has 0 spiro atoms. The number of aromatic nitrogens is 1. The zero-order valence-electron chi connectivity index (χ0n) is 14.6. The molecule has 1 aliphatic heterocycles. The minimum absolute atomic E-state index is 0.119. The molecule has 0 radical (unpaired) electrons. The van der Waals surface area contributed by atoms with E-state index in [1.165, 1.54) is 0 Å². The maximum absolute atomic E-state index is 12.8.